The lowest BCUT2D eigenvalue weighted by atomic mass is 9.92. The van der Waals surface area contributed by atoms with E-state index in [0.29, 0.717) is 0 Å². The second-order valence-corrected chi connectivity index (χ2v) is 3.40. The summed E-state index contributed by atoms with van der Waals surface area (Å²) in [4.78, 5) is 21.8. The van der Waals surface area contributed by atoms with Crippen molar-refractivity contribution in [3.63, 3.8) is 0 Å². The Morgan fingerprint density at radius 1 is 1.54 bits per heavy atom. The van der Waals surface area contributed by atoms with E-state index in [4.69, 9.17) is 5.73 Å². The van der Waals surface area contributed by atoms with Gasteiger partial charge in [0.1, 0.15) is 0 Å². The van der Waals surface area contributed by atoms with E-state index in [1.165, 1.54) is 0 Å². The normalized spacial score (nSPS) is 28.1. The molecule has 2 unspecified atom stereocenters. The highest BCUT2D eigenvalue weighted by Crippen LogP contribution is 2.15. The standard InChI is InChI=1S/C8H15N3O2/c1-5-3-2-4-10-6(5)7(12)11-8(9)13/h5-6,10H,2-4H2,1H3,(H3,9,11,12,13). The third-order valence-electron chi connectivity index (χ3n) is 2.30. The van der Waals surface area contributed by atoms with Crippen LogP contribution in [0.15, 0.2) is 0 Å². The molecule has 1 heterocycles. The molecule has 1 rings (SSSR count). The molecule has 13 heavy (non-hydrogen) atoms. The number of hydrogen-bond acceptors (Lipinski definition) is 3. The van der Waals surface area contributed by atoms with Crippen LogP contribution in [-0.2, 0) is 4.79 Å². The molecule has 3 amide bonds. The number of piperidine rings is 1. The summed E-state index contributed by atoms with van der Waals surface area (Å²) in [5.74, 6) is -0.0622. The lowest BCUT2D eigenvalue weighted by Crippen LogP contribution is -2.53. The topological polar surface area (TPSA) is 84.2 Å². The van der Waals surface area contributed by atoms with Gasteiger partial charge in [-0.3, -0.25) is 10.1 Å². The predicted molar refractivity (Wildman–Crippen MR) is 47.9 cm³/mol. The molecule has 0 radical (unpaired) electrons. The first-order chi connectivity index (χ1) is 6.11. The Balaban J connectivity index is 2.48. The average Bonchev–Trinajstić information content (AvgIpc) is 2.03. The maximum absolute atomic E-state index is 11.3. The number of rotatable bonds is 1. The van der Waals surface area contributed by atoms with Crippen LogP contribution in [0.25, 0.3) is 0 Å². The number of urea groups is 1. The number of amides is 3. The van der Waals surface area contributed by atoms with E-state index in [1.54, 1.807) is 0 Å². The van der Waals surface area contributed by atoms with E-state index >= 15 is 0 Å². The molecule has 0 aliphatic carbocycles. The molecule has 5 heteroatoms. The van der Waals surface area contributed by atoms with Gasteiger partial charge in [0.25, 0.3) is 0 Å². The second-order valence-electron chi connectivity index (χ2n) is 3.40. The molecule has 1 aliphatic heterocycles. The maximum atomic E-state index is 11.3. The molecule has 1 aliphatic rings. The summed E-state index contributed by atoms with van der Waals surface area (Å²) in [5, 5.41) is 5.13. The Kier molecular flexibility index (Phi) is 3.25. The van der Waals surface area contributed by atoms with Crippen LogP contribution in [0.1, 0.15) is 19.8 Å². The first-order valence-electron chi connectivity index (χ1n) is 4.45. The van der Waals surface area contributed by atoms with Gasteiger partial charge in [0, 0.05) is 0 Å². The fourth-order valence-corrected chi connectivity index (χ4v) is 1.60. The van der Waals surface area contributed by atoms with Gasteiger partial charge in [-0.25, -0.2) is 4.79 Å². The van der Waals surface area contributed by atoms with Crippen LogP contribution in [0.5, 0.6) is 0 Å². The highest BCUT2D eigenvalue weighted by atomic mass is 16.2. The van der Waals surface area contributed by atoms with Crippen LogP contribution in [0.2, 0.25) is 0 Å². The van der Waals surface area contributed by atoms with Crippen LogP contribution in [0, 0.1) is 5.92 Å². The Hall–Kier alpha value is -1.10. The number of nitrogens with one attached hydrogen (secondary N) is 2. The molecule has 2 atom stereocenters. The fraction of sp³-hybridized carbons (Fsp3) is 0.750. The van der Waals surface area contributed by atoms with Crippen molar-refractivity contribution in [2.75, 3.05) is 6.54 Å². The van der Waals surface area contributed by atoms with E-state index in [9.17, 15) is 9.59 Å². The van der Waals surface area contributed by atoms with Crippen molar-refractivity contribution < 1.29 is 9.59 Å². The minimum atomic E-state index is -0.787. The van der Waals surface area contributed by atoms with E-state index in [1.807, 2.05) is 6.92 Å². The minimum Gasteiger partial charge on any atom is -0.351 e. The van der Waals surface area contributed by atoms with Gasteiger partial charge >= 0.3 is 6.03 Å². The summed E-state index contributed by atoms with van der Waals surface area (Å²) in [6, 6.07) is -1.06. The number of primary amides is 1. The van der Waals surface area contributed by atoms with Gasteiger partial charge in [-0.15, -0.1) is 0 Å². The Labute approximate surface area is 77.1 Å². The van der Waals surface area contributed by atoms with Gasteiger partial charge < -0.3 is 11.1 Å². The second kappa shape index (κ2) is 4.23. The molecule has 0 saturated carbocycles. The highest BCUT2D eigenvalue weighted by molar-refractivity contribution is 5.96. The van der Waals surface area contributed by atoms with E-state index in [-0.39, 0.29) is 17.9 Å². The van der Waals surface area contributed by atoms with E-state index in [0.717, 1.165) is 19.4 Å². The molecule has 74 valence electrons. The lowest BCUT2D eigenvalue weighted by molar-refractivity contribution is -0.123. The van der Waals surface area contributed by atoms with Gasteiger partial charge in [0.2, 0.25) is 5.91 Å². The van der Waals surface area contributed by atoms with E-state index < -0.39 is 6.03 Å². The third kappa shape index (κ3) is 2.69. The van der Waals surface area contributed by atoms with Crippen LogP contribution in [-0.4, -0.2) is 24.5 Å². The predicted octanol–water partition coefficient (Wildman–Crippen LogP) is -0.431. The summed E-state index contributed by atoms with van der Waals surface area (Å²) < 4.78 is 0. The molecule has 0 bridgehead atoms. The Bertz CT molecular complexity index is 217. The molecule has 0 aromatic rings. The first kappa shape index (κ1) is 9.98. The first-order valence-corrected chi connectivity index (χ1v) is 4.45. The van der Waals surface area contributed by atoms with Crippen molar-refractivity contribution in [2.24, 2.45) is 11.7 Å². The summed E-state index contributed by atoms with van der Waals surface area (Å²) in [5.41, 5.74) is 4.85. The van der Waals surface area contributed by atoms with Crippen LogP contribution < -0.4 is 16.4 Å². The third-order valence-corrected chi connectivity index (χ3v) is 2.30. The zero-order chi connectivity index (χ0) is 9.84. The van der Waals surface area contributed by atoms with Crippen LogP contribution in [0.4, 0.5) is 4.79 Å². The van der Waals surface area contributed by atoms with Gasteiger partial charge in [-0.1, -0.05) is 6.92 Å². The molecule has 1 fully saturated rings. The molecule has 0 aromatic heterocycles. The van der Waals surface area contributed by atoms with Crippen molar-refractivity contribution in [1.29, 1.82) is 0 Å². The Morgan fingerprint density at radius 2 is 2.23 bits per heavy atom. The number of carbonyl (C=O) groups excluding carboxylic acids is 2. The average molecular weight is 185 g/mol. The van der Waals surface area contributed by atoms with Crippen LogP contribution in [0.3, 0.4) is 0 Å². The SMILES string of the molecule is CC1CCCNC1C(=O)NC(N)=O. The fourth-order valence-electron chi connectivity index (χ4n) is 1.60. The van der Waals surface area contributed by atoms with Crippen molar-refractivity contribution in [3.8, 4) is 0 Å². The highest BCUT2D eigenvalue weighted by Gasteiger charge is 2.27. The largest absolute Gasteiger partial charge is 0.351 e. The molecule has 0 spiro atoms. The zero-order valence-corrected chi connectivity index (χ0v) is 7.67. The Morgan fingerprint density at radius 3 is 2.77 bits per heavy atom. The van der Waals surface area contributed by atoms with Gasteiger partial charge in [0.05, 0.1) is 6.04 Å². The molecular weight excluding hydrogens is 170 g/mol. The van der Waals surface area contributed by atoms with Gasteiger partial charge in [0.15, 0.2) is 0 Å². The molecule has 0 aromatic carbocycles. The van der Waals surface area contributed by atoms with Crippen LogP contribution >= 0.6 is 0 Å². The van der Waals surface area contributed by atoms with Gasteiger partial charge in [-0.05, 0) is 25.3 Å². The zero-order valence-electron chi connectivity index (χ0n) is 7.67. The van der Waals surface area contributed by atoms with E-state index in [2.05, 4.69) is 10.6 Å². The molecule has 1 saturated heterocycles. The van der Waals surface area contributed by atoms with Crippen molar-refractivity contribution >= 4 is 11.9 Å². The lowest BCUT2D eigenvalue weighted by Gasteiger charge is -2.28. The molecular formula is C8H15N3O2. The summed E-state index contributed by atoms with van der Waals surface area (Å²) in [6.07, 6.45) is 2.07. The molecule has 5 nitrogen and oxygen atoms in total. The summed E-state index contributed by atoms with van der Waals surface area (Å²) >= 11 is 0. The van der Waals surface area contributed by atoms with Crippen molar-refractivity contribution in [3.05, 3.63) is 0 Å². The smallest absolute Gasteiger partial charge is 0.318 e. The molecule has 4 N–H and O–H groups in total. The number of carbonyl (C=O) groups is 2. The number of hydrogen-bond donors (Lipinski definition) is 3. The number of nitrogens with two attached hydrogens (primary N) is 1. The summed E-state index contributed by atoms with van der Waals surface area (Å²) in [6.45, 7) is 2.80. The maximum Gasteiger partial charge on any atom is 0.318 e. The monoisotopic (exact) mass is 185 g/mol. The quantitative estimate of drug-likeness (QED) is 0.518. The van der Waals surface area contributed by atoms with Crippen molar-refractivity contribution in [2.45, 2.75) is 25.8 Å². The number of imide groups is 1. The van der Waals surface area contributed by atoms with Crippen molar-refractivity contribution in [1.82, 2.24) is 10.6 Å². The minimum absolute atomic E-state index is 0.258. The summed E-state index contributed by atoms with van der Waals surface area (Å²) in [7, 11) is 0. The van der Waals surface area contributed by atoms with Gasteiger partial charge in [-0.2, -0.15) is 0 Å².